The van der Waals surface area contributed by atoms with E-state index in [4.69, 9.17) is 0 Å². The average molecular weight is 363 g/mol. The number of rotatable bonds is 9. The lowest BCUT2D eigenvalue weighted by atomic mass is 10.1. The van der Waals surface area contributed by atoms with Crippen LogP contribution in [0.1, 0.15) is 38.3 Å². The van der Waals surface area contributed by atoms with E-state index in [-0.39, 0.29) is 12.6 Å². The second-order valence-electron chi connectivity index (χ2n) is 8.03. The third-order valence-electron chi connectivity index (χ3n) is 5.39. The molecule has 2 heterocycles. The minimum atomic E-state index is -0.0253. The van der Waals surface area contributed by atoms with Crippen molar-refractivity contribution in [2.45, 2.75) is 38.6 Å². The molecule has 0 spiro atoms. The predicted molar refractivity (Wildman–Crippen MR) is 106 cm³/mol. The fourth-order valence-corrected chi connectivity index (χ4v) is 3.21. The van der Waals surface area contributed by atoms with Gasteiger partial charge in [-0.2, -0.15) is 4.98 Å². The molecule has 7 heteroatoms. The van der Waals surface area contributed by atoms with Crippen molar-refractivity contribution in [3.05, 3.63) is 11.8 Å². The molecule has 1 saturated carbocycles. The Morgan fingerprint density at radius 2 is 1.92 bits per heavy atom. The number of piperazine rings is 1. The molecule has 0 amide bonds. The van der Waals surface area contributed by atoms with Crippen LogP contribution in [-0.2, 0) is 0 Å². The van der Waals surface area contributed by atoms with Crippen molar-refractivity contribution in [3.8, 4) is 0 Å². The third-order valence-corrected chi connectivity index (χ3v) is 5.39. The van der Waals surface area contributed by atoms with Crippen LogP contribution in [0.25, 0.3) is 0 Å². The Kier molecular flexibility index (Phi) is 6.67. The number of aliphatic hydroxyl groups is 1. The Labute approximate surface area is 157 Å². The van der Waals surface area contributed by atoms with E-state index in [1.165, 1.54) is 12.8 Å². The highest BCUT2D eigenvalue weighted by Gasteiger charge is 2.26. The van der Waals surface area contributed by atoms with Crippen LogP contribution in [0.3, 0.4) is 0 Å². The van der Waals surface area contributed by atoms with Crippen molar-refractivity contribution in [1.29, 1.82) is 0 Å². The maximum Gasteiger partial charge on any atom is 0.225 e. The van der Waals surface area contributed by atoms with E-state index in [9.17, 15) is 5.11 Å². The highest BCUT2D eigenvalue weighted by atomic mass is 16.3. The second-order valence-corrected chi connectivity index (χ2v) is 8.03. The Morgan fingerprint density at radius 1 is 1.19 bits per heavy atom. The number of likely N-dealkylation sites (N-methyl/N-ethyl adjacent to an activating group) is 1. The smallest absolute Gasteiger partial charge is 0.225 e. The molecule has 3 N–H and O–H groups in total. The Morgan fingerprint density at radius 3 is 2.54 bits per heavy atom. The van der Waals surface area contributed by atoms with Crippen molar-refractivity contribution in [2.24, 2.45) is 5.92 Å². The van der Waals surface area contributed by atoms with Gasteiger partial charge < -0.3 is 20.6 Å². The minimum absolute atomic E-state index is 0.0253. The van der Waals surface area contributed by atoms with Crippen LogP contribution in [0.4, 0.5) is 11.8 Å². The number of nitrogens with zero attached hydrogens (tertiary/aromatic N) is 4. The van der Waals surface area contributed by atoms with Gasteiger partial charge in [-0.05, 0) is 25.8 Å². The molecule has 146 valence electrons. The standard InChI is InChI=1S/C19H34N6O/c1-14(2)17(13-26)22-19-21-16(15-4-5-15)12-18(23-19)20-6-7-25-10-8-24(3)9-11-25/h12,14-15,17,26H,4-11,13H2,1-3H3,(H2,20,21,22,23)/t17-/m0/s1. The van der Waals surface area contributed by atoms with Crippen LogP contribution in [-0.4, -0.2) is 83.8 Å². The van der Waals surface area contributed by atoms with Crippen LogP contribution < -0.4 is 10.6 Å². The maximum atomic E-state index is 9.58. The van der Waals surface area contributed by atoms with E-state index in [1.54, 1.807) is 0 Å². The normalized spacial score (nSPS) is 20.3. The molecule has 0 unspecified atom stereocenters. The van der Waals surface area contributed by atoms with Crippen LogP contribution >= 0.6 is 0 Å². The van der Waals surface area contributed by atoms with Crippen molar-refractivity contribution >= 4 is 11.8 Å². The lowest BCUT2D eigenvalue weighted by Crippen LogP contribution is -2.45. The summed E-state index contributed by atoms with van der Waals surface area (Å²) in [5, 5.41) is 16.4. The van der Waals surface area contributed by atoms with E-state index < -0.39 is 0 Å². The summed E-state index contributed by atoms with van der Waals surface area (Å²) >= 11 is 0. The molecule has 3 rings (SSSR count). The average Bonchev–Trinajstić information content (AvgIpc) is 3.46. The SMILES string of the molecule is CC(C)[C@H](CO)Nc1nc(NCCN2CCN(C)CC2)cc(C2CC2)n1. The molecular formula is C19H34N6O. The first kappa shape index (κ1) is 19.3. The van der Waals surface area contributed by atoms with Crippen LogP contribution in [0.2, 0.25) is 0 Å². The quantitative estimate of drug-likeness (QED) is 0.614. The van der Waals surface area contributed by atoms with E-state index in [0.717, 1.165) is 50.8 Å². The molecule has 1 saturated heterocycles. The molecule has 1 aliphatic carbocycles. The number of aliphatic hydroxyl groups excluding tert-OH is 1. The van der Waals surface area contributed by atoms with Crippen LogP contribution in [0.15, 0.2) is 6.07 Å². The van der Waals surface area contributed by atoms with Gasteiger partial charge in [0, 0.05) is 51.3 Å². The summed E-state index contributed by atoms with van der Waals surface area (Å²) in [6, 6.07) is 2.07. The molecule has 0 bridgehead atoms. The van der Waals surface area contributed by atoms with E-state index in [1.807, 2.05) is 0 Å². The predicted octanol–water partition coefficient (Wildman–Crippen LogP) is 1.44. The Hall–Kier alpha value is -1.44. The molecule has 2 fully saturated rings. The highest BCUT2D eigenvalue weighted by molar-refractivity contribution is 5.44. The van der Waals surface area contributed by atoms with Gasteiger partial charge in [-0.1, -0.05) is 13.8 Å². The fraction of sp³-hybridized carbons (Fsp3) is 0.789. The largest absolute Gasteiger partial charge is 0.394 e. The van der Waals surface area contributed by atoms with Gasteiger partial charge in [0.1, 0.15) is 5.82 Å². The fourth-order valence-electron chi connectivity index (χ4n) is 3.21. The van der Waals surface area contributed by atoms with Gasteiger partial charge in [0.15, 0.2) is 0 Å². The first-order chi connectivity index (χ1) is 12.5. The van der Waals surface area contributed by atoms with Gasteiger partial charge in [0.2, 0.25) is 5.95 Å². The van der Waals surface area contributed by atoms with Crippen molar-refractivity contribution < 1.29 is 5.11 Å². The van der Waals surface area contributed by atoms with Gasteiger partial charge in [0.25, 0.3) is 0 Å². The zero-order valence-corrected chi connectivity index (χ0v) is 16.4. The summed E-state index contributed by atoms with van der Waals surface area (Å²) < 4.78 is 0. The molecular weight excluding hydrogens is 328 g/mol. The first-order valence-electron chi connectivity index (χ1n) is 9.96. The summed E-state index contributed by atoms with van der Waals surface area (Å²) in [5.74, 6) is 2.41. The van der Waals surface area contributed by atoms with E-state index in [2.05, 4.69) is 57.4 Å². The zero-order chi connectivity index (χ0) is 18.5. The molecule has 1 aromatic rings. The lowest BCUT2D eigenvalue weighted by Gasteiger charge is -2.32. The Balaban J connectivity index is 1.58. The van der Waals surface area contributed by atoms with E-state index >= 15 is 0 Å². The third kappa shape index (κ3) is 5.53. The van der Waals surface area contributed by atoms with Crippen molar-refractivity contribution in [3.63, 3.8) is 0 Å². The topological polar surface area (TPSA) is 76.6 Å². The second kappa shape index (κ2) is 8.97. The monoisotopic (exact) mass is 362 g/mol. The molecule has 1 atom stereocenters. The number of hydrogen-bond acceptors (Lipinski definition) is 7. The van der Waals surface area contributed by atoms with Gasteiger partial charge in [-0.15, -0.1) is 0 Å². The van der Waals surface area contributed by atoms with Crippen molar-refractivity contribution in [2.75, 3.05) is 63.6 Å². The van der Waals surface area contributed by atoms with E-state index in [0.29, 0.717) is 17.8 Å². The minimum Gasteiger partial charge on any atom is -0.394 e. The van der Waals surface area contributed by atoms with Crippen LogP contribution in [0.5, 0.6) is 0 Å². The summed E-state index contributed by atoms with van der Waals surface area (Å²) in [6.45, 7) is 10.7. The number of nitrogens with one attached hydrogen (secondary N) is 2. The van der Waals surface area contributed by atoms with Gasteiger partial charge in [-0.25, -0.2) is 4.98 Å². The van der Waals surface area contributed by atoms with Crippen LogP contribution in [0, 0.1) is 5.92 Å². The first-order valence-corrected chi connectivity index (χ1v) is 9.96. The number of anilines is 2. The highest BCUT2D eigenvalue weighted by Crippen LogP contribution is 2.39. The lowest BCUT2D eigenvalue weighted by molar-refractivity contribution is 0.158. The molecule has 7 nitrogen and oxygen atoms in total. The molecule has 1 aliphatic heterocycles. The van der Waals surface area contributed by atoms with Gasteiger partial charge in [0.05, 0.1) is 18.3 Å². The van der Waals surface area contributed by atoms with Gasteiger partial charge >= 0.3 is 0 Å². The summed E-state index contributed by atoms with van der Waals surface area (Å²) in [6.07, 6.45) is 2.43. The number of aromatic nitrogens is 2. The summed E-state index contributed by atoms with van der Waals surface area (Å²) in [7, 11) is 2.18. The van der Waals surface area contributed by atoms with Crippen molar-refractivity contribution in [1.82, 2.24) is 19.8 Å². The Bertz CT molecular complexity index is 569. The van der Waals surface area contributed by atoms with Gasteiger partial charge in [-0.3, -0.25) is 4.90 Å². The molecule has 1 aromatic heterocycles. The molecule has 2 aliphatic rings. The molecule has 26 heavy (non-hydrogen) atoms. The molecule has 0 aromatic carbocycles. The maximum absolute atomic E-state index is 9.58. The number of hydrogen-bond donors (Lipinski definition) is 3. The summed E-state index contributed by atoms with van der Waals surface area (Å²) in [5.41, 5.74) is 1.12. The molecule has 0 radical (unpaired) electrons. The summed E-state index contributed by atoms with van der Waals surface area (Å²) in [4.78, 5) is 14.2. The zero-order valence-electron chi connectivity index (χ0n) is 16.4.